The van der Waals surface area contributed by atoms with Crippen molar-refractivity contribution in [2.75, 3.05) is 26.2 Å². The lowest BCUT2D eigenvalue weighted by atomic mass is 10.00. The molecule has 234 valence electrons. The zero-order valence-electron chi connectivity index (χ0n) is 26.2. The van der Waals surface area contributed by atoms with Crippen LogP contribution in [0.25, 0.3) is 0 Å². The van der Waals surface area contributed by atoms with E-state index in [0.717, 1.165) is 19.3 Å². The van der Waals surface area contributed by atoms with E-state index in [9.17, 15) is 29.7 Å². The maximum atomic E-state index is 11.6. The van der Waals surface area contributed by atoms with E-state index < -0.39 is 35.7 Å². The average Bonchev–Trinajstić information content (AvgIpc) is 2.89. The molecule has 40 heavy (non-hydrogen) atoms. The third kappa shape index (κ3) is 20.1. The van der Waals surface area contributed by atoms with Gasteiger partial charge in [0.05, 0.1) is 26.2 Å². The van der Waals surface area contributed by atoms with Gasteiger partial charge in [0, 0.05) is 11.9 Å². The molecule has 0 aliphatic carbocycles. The number of unbranched alkanes of at least 4 members (excludes halogenated alkanes) is 16. The van der Waals surface area contributed by atoms with Crippen LogP contribution >= 0.6 is 0 Å². The van der Waals surface area contributed by atoms with Crippen molar-refractivity contribution in [1.82, 2.24) is 0 Å². The van der Waals surface area contributed by atoms with Gasteiger partial charge in [0.2, 0.25) is 0 Å². The van der Waals surface area contributed by atoms with Gasteiger partial charge in [0.1, 0.15) is 11.8 Å². The van der Waals surface area contributed by atoms with Crippen LogP contribution in [0.5, 0.6) is 0 Å². The number of allylic oxidation sites excluding steroid dienone is 2. The van der Waals surface area contributed by atoms with Crippen molar-refractivity contribution < 1.29 is 34.2 Å². The Labute approximate surface area is 245 Å². The molecule has 0 heterocycles. The third-order valence-electron chi connectivity index (χ3n) is 8.22. The van der Waals surface area contributed by atoms with Crippen molar-refractivity contribution in [3.63, 3.8) is 0 Å². The van der Waals surface area contributed by atoms with E-state index in [1.165, 1.54) is 89.9 Å². The summed E-state index contributed by atoms with van der Waals surface area (Å²) in [5, 5.41) is 30.5. The zero-order valence-corrected chi connectivity index (χ0v) is 26.2. The van der Waals surface area contributed by atoms with Gasteiger partial charge in [0.15, 0.2) is 0 Å². The fourth-order valence-electron chi connectivity index (χ4n) is 5.82. The number of hydrogen-bond acceptors (Lipinski definition) is 4. The first-order valence-corrected chi connectivity index (χ1v) is 16.2. The summed E-state index contributed by atoms with van der Waals surface area (Å²) in [6, 6.07) is 0. The summed E-state index contributed by atoms with van der Waals surface area (Å²) >= 11 is 0. The molecule has 7 nitrogen and oxygen atoms in total. The maximum absolute atomic E-state index is 11.6. The molecule has 0 spiro atoms. The molecule has 0 amide bonds. The van der Waals surface area contributed by atoms with Gasteiger partial charge >= 0.3 is 11.9 Å². The summed E-state index contributed by atoms with van der Waals surface area (Å²) in [5.41, 5.74) is 0. The number of quaternary nitrogens is 1. The predicted molar refractivity (Wildman–Crippen MR) is 161 cm³/mol. The standard InChI is InChI=1S/C33H61NO6/c1-5-6-7-8-9-10-11-12-13-14-15-16-17-18-19-20-21-22-23-24-34(25-28(2)31(35)36,26-29(3)32(37)38)27-30(4)33(39)40/h5-6,28-30H,7-27H2,1-4H3,(H2-,35,36,37,38,39,40)/b6-5+. The van der Waals surface area contributed by atoms with Gasteiger partial charge < -0.3 is 24.6 Å². The minimum atomic E-state index is -1.18. The molecule has 3 atom stereocenters. The van der Waals surface area contributed by atoms with Crippen LogP contribution in [0.1, 0.15) is 137 Å². The van der Waals surface area contributed by atoms with E-state index >= 15 is 0 Å². The zero-order chi connectivity index (χ0) is 30.2. The number of carboxylic acids is 3. The van der Waals surface area contributed by atoms with E-state index in [4.69, 9.17) is 0 Å². The first-order chi connectivity index (χ1) is 19.0. The summed E-state index contributed by atoms with van der Waals surface area (Å²) in [6.45, 7) is 8.09. The van der Waals surface area contributed by atoms with E-state index in [1.807, 2.05) is 0 Å². The molecule has 3 unspecified atom stereocenters. The van der Waals surface area contributed by atoms with Gasteiger partial charge in [-0.15, -0.1) is 0 Å². The number of rotatable bonds is 28. The lowest BCUT2D eigenvalue weighted by Gasteiger charge is -2.43. The van der Waals surface area contributed by atoms with Crippen LogP contribution < -0.4 is 5.11 Å². The fourth-order valence-corrected chi connectivity index (χ4v) is 5.82. The Hall–Kier alpha value is -1.89. The highest BCUT2D eigenvalue weighted by Crippen LogP contribution is 2.22. The minimum Gasteiger partial charge on any atom is -0.550 e. The Balaban J connectivity index is 4.26. The highest BCUT2D eigenvalue weighted by molar-refractivity contribution is 5.70. The smallest absolute Gasteiger partial charge is 0.311 e. The first-order valence-electron chi connectivity index (χ1n) is 16.2. The third-order valence-corrected chi connectivity index (χ3v) is 8.22. The summed E-state index contributed by atoms with van der Waals surface area (Å²) < 4.78 is 0.187. The molecule has 0 fully saturated rings. The van der Waals surface area contributed by atoms with E-state index in [2.05, 4.69) is 19.1 Å². The van der Waals surface area contributed by atoms with E-state index in [1.54, 1.807) is 20.8 Å². The Morgan fingerprint density at radius 1 is 0.600 bits per heavy atom. The molecule has 2 N–H and O–H groups in total. The van der Waals surface area contributed by atoms with Crippen molar-refractivity contribution in [3.05, 3.63) is 12.2 Å². The van der Waals surface area contributed by atoms with Crippen LogP contribution in [-0.4, -0.2) is 58.8 Å². The van der Waals surface area contributed by atoms with Crippen LogP contribution in [0.2, 0.25) is 0 Å². The topological polar surface area (TPSA) is 115 Å². The largest absolute Gasteiger partial charge is 0.550 e. The molecule has 0 saturated carbocycles. The highest BCUT2D eigenvalue weighted by Gasteiger charge is 2.36. The second-order valence-electron chi connectivity index (χ2n) is 12.3. The van der Waals surface area contributed by atoms with Crippen LogP contribution in [-0.2, 0) is 14.4 Å². The van der Waals surface area contributed by atoms with Crippen LogP contribution in [0.15, 0.2) is 12.2 Å². The highest BCUT2D eigenvalue weighted by atomic mass is 16.4. The lowest BCUT2D eigenvalue weighted by molar-refractivity contribution is -0.934. The predicted octanol–water partition coefficient (Wildman–Crippen LogP) is 6.84. The number of aliphatic carboxylic acids is 3. The minimum absolute atomic E-state index is 0.187. The first kappa shape index (κ1) is 38.1. The summed E-state index contributed by atoms with van der Waals surface area (Å²) in [4.78, 5) is 34.7. The molecule has 0 aromatic rings. The number of carboxylic acid groups (broad SMARTS) is 3. The normalized spacial score (nSPS) is 15.5. The molecule has 7 heteroatoms. The molecule has 0 rings (SSSR count). The number of hydrogen-bond donors (Lipinski definition) is 2. The second kappa shape index (κ2) is 23.8. The molecular formula is C33H61NO6. The lowest BCUT2D eigenvalue weighted by Crippen LogP contribution is -2.58. The van der Waals surface area contributed by atoms with Gasteiger partial charge in [-0.3, -0.25) is 9.59 Å². The molecule has 0 aliphatic heterocycles. The summed E-state index contributed by atoms with van der Waals surface area (Å²) in [5.74, 6) is -5.23. The molecular weight excluding hydrogens is 506 g/mol. The quantitative estimate of drug-likeness (QED) is 0.0608. The van der Waals surface area contributed by atoms with Crippen molar-refractivity contribution >= 4 is 17.9 Å². The fraction of sp³-hybridized carbons (Fsp3) is 0.848. The van der Waals surface area contributed by atoms with Gasteiger partial charge in [-0.25, -0.2) is 0 Å². The molecule has 0 aromatic heterocycles. The Morgan fingerprint density at radius 2 is 0.925 bits per heavy atom. The molecule has 0 saturated heterocycles. The molecule has 0 bridgehead atoms. The van der Waals surface area contributed by atoms with Crippen molar-refractivity contribution in [2.45, 2.75) is 137 Å². The van der Waals surface area contributed by atoms with Gasteiger partial charge in [-0.1, -0.05) is 103 Å². The van der Waals surface area contributed by atoms with E-state index in [-0.39, 0.29) is 24.1 Å². The second-order valence-corrected chi connectivity index (χ2v) is 12.3. The number of carbonyl (C=O) groups excluding carboxylic acids is 1. The average molecular weight is 568 g/mol. The maximum Gasteiger partial charge on any atom is 0.311 e. The molecule has 0 aliphatic rings. The molecule has 0 radical (unpaired) electrons. The molecule has 0 aromatic carbocycles. The SMILES string of the molecule is C/C=C/CCCCCCCCCCCCCCCCCC[N+](CC(C)C(=O)[O-])(CC(C)C(=O)O)CC(C)C(=O)O. The number of carbonyl (C=O) groups is 3. The Kier molecular flexibility index (Phi) is 22.7. The Morgan fingerprint density at radius 3 is 1.25 bits per heavy atom. The van der Waals surface area contributed by atoms with Crippen molar-refractivity contribution in [1.29, 1.82) is 0 Å². The Bertz CT molecular complexity index is 652. The number of nitrogens with zero attached hydrogens (tertiary/aromatic N) is 1. The van der Waals surface area contributed by atoms with Gasteiger partial charge in [-0.2, -0.15) is 0 Å². The van der Waals surface area contributed by atoms with Gasteiger partial charge in [-0.05, 0) is 46.5 Å². The van der Waals surface area contributed by atoms with Crippen LogP contribution in [0.4, 0.5) is 0 Å². The summed E-state index contributed by atoms with van der Waals surface area (Å²) in [6.07, 6.45) is 25.7. The van der Waals surface area contributed by atoms with Crippen LogP contribution in [0.3, 0.4) is 0 Å². The van der Waals surface area contributed by atoms with Crippen LogP contribution in [0, 0.1) is 17.8 Å². The van der Waals surface area contributed by atoms with Gasteiger partial charge in [0.25, 0.3) is 0 Å². The van der Waals surface area contributed by atoms with Crippen molar-refractivity contribution in [3.8, 4) is 0 Å². The van der Waals surface area contributed by atoms with E-state index in [0.29, 0.717) is 6.54 Å². The monoisotopic (exact) mass is 567 g/mol. The van der Waals surface area contributed by atoms with Crippen molar-refractivity contribution in [2.24, 2.45) is 17.8 Å². The summed E-state index contributed by atoms with van der Waals surface area (Å²) in [7, 11) is 0.